The minimum absolute atomic E-state index is 0.0196. The standard InChI is InChI=1S/C17H19F3N2O2S/c1-4-15(25-17(18,19)20)10-9-14(24-3)11-21-16(23)22-13-7-5-12(2)6-8-13/h4-10H,1,11H2,2-3H3,(H2,21,22,23)/b14-9+,15-10+. The van der Waals surface area contributed by atoms with E-state index in [9.17, 15) is 18.0 Å². The van der Waals surface area contributed by atoms with Crippen LogP contribution in [-0.2, 0) is 4.74 Å². The molecule has 2 amide bonds. The number of aryl methyl sites for hydroxylation is 1. The van der Waals surface area contributed by atoms with Gasteiger partial charge in [0.25, 0.3) is 0 Å². The molecule has 0 fully saturated rings. The molecular formula is C17H19F3N2O2S. The van der Waals surface area contributed by atoms with E-state index < -0.39 is 11.5 Å². The Morgan fingerprint density at radius 1 is 1.28 bits per heavy atom. The number of nitrogens with one attached hydrogen (secondary N) is 2. The van der Waals surface area contributed by atoms with Gasteiger partial charge < -0.3 is 15.4 Å². The Balaban J connectivity index is 2.60. The minimum atomic E-state index is -4.40. The van der Waals surface area contributed by atoms with Gasteiger partial charge in [0.15, 0.2) is 0 Å². The predicted octanol–water partition coefficient (Wildman–Crippen LogP) is 4.97. The summed E-state index contributed by atoms with van der Waals surface area (Å²) in [5.41, 5.74) is -2.70. The highest BCUT2D eigenvalue weighted by atomic mass is 32.2. The van der Waals surface area contributed by atoms with E-state index in [-0.39, 0.29) is 23.2 Å². The fourth-order valence-corrected chi connectivity index (χ4v) is 2.12. The third-order valence-corrected chi connectivity index (χ3v) is 3.63. The Bertz CT molecular complexity index is 653. The van der Waals surface area contributed by atoms with Crippen molar-refractivity contribution in [2.24, 2.45) is 0 Å². The van der Waals surface area contributed by atoms with Crippen LogP contribution in [0.25, 0.3) is 0 Å². The Morgan fingerprint density at radius 3 is 2.44 bits per heavy atom. The normalized spacial score (nSPS) is 12.5. The van der Waals surface area contributed by atoms with Crippen molar-refractivity contribution in [3.05, 3.63) is 65.3 Å². The molecule has 0 atom stereocenters. The summed E-state index contributed by atoms with van der Waals surface area (Å²) in [5.74, 6) is 0.293. The van der Waals surface area contributed by atoms with Crippen molar-refractivity contribution in [3.63, 3.8) is 0 Å². The van der Waals surface area contributed by atoms with Crippen LogP contribution in [0, 0.1) is 6.92 Å². The van der Waals surface area contributed by atoms with Gasteiger partial charge in [0.2, 0.25) is 0 Å². The Morgan fingerprint density at radius 2 is 1.92 bits per heavy atom. The third kappa shape index (κ3) is 8.90. The smallest absolute Gasteiger partial charge is 0.446 e. The van der Waals surface area contributed by atoms with Gasteiger partial charge in [-0.25, -0.2) is 4.79 Å². The average Bonchev–Trinajstić information content (AvgIpc) is 2.54. The molecule has 4 nitrogen and oxygen atoms in total. The molecule has 0 aliphatic heterocycles. The number of anilines is 1. The van der Waals surface area contributed by atoms with Gasteiger partial charge in [-0.15, -0.1) is 0 Å². The summed E-state index contributed by atoms with van der Waals surface area (Å²) in [5, 5.41) is 5.20. The van der Waals surface area contributed by atoms with Crippen molar-refractivity contribution in [1.29, 1.82) is 0 Å². The van der Waals surface area contributed by atoms with Gasteiger partial charge in [-0.2, -0.15) is 13.2 Å². The van der Waals surface area contributed by atoms with Crippen LogP contribution in [0.2, 0.25) is 0 Å². The van der Waals surface area contributed by atoms with E-state index in [2.05, 4.69) is 17.2 Å². The number of allylic oxidation sites excluding steroid dienone is 3. The number of thioether (sulfide) groups is 1. The van der Waals surface area contributed by atoms with Crippen molar-refractivity contribution in [2.45, 2.75) is 12.4 Å². The SMILES string of the molecule is C=C/C(=C\C=C(/CNC(=O)Nc1ccc(C)cc1)OC)SC(F)(F)F. The van der Waals surface area contributed by atoms with Gasteiger partial charge in [-0.3, -0.25) is 0 Å². The topological polar surface area (TPSA) is 50.4 Å². The van der Waals surface area contributed by atoms with Crippen LogP contribution >= 0.6 is 11.8 Å². The number of urea groups is 1. The van der Waals surface area contributed by atoms with Crippen molar-refractivity contribution in [1.82, 2.24) is 5.32 Å². The number of amides is 2. The molecule has 0 radical (unpaired) electrons. The Labute approximate surface area is 148 Å². The molecule has 136 valence electrons. The number of hydrogen-bond donors (Lipinski definition) is 2. The summed E-state index contributed by atoms with van der Waals surface area (Å²) >= 11 is -0.275. The zero-order valence-corrected chi connectivity index (χ0v) is 14.6. The number of benzene rings is 1. The number of ether oxygens (including phenoxy) is 1. The summed E-state index contributed by atoms with van der Waals surface area (Å²) in [7, 11) is 1.36. The van der Waals surface area contributed by atoms with Crippen molar-refractivity contribution in [2.75, 3.05) is 19.0 Å². The molecule has 25 heavy (non-hydrogen) atoms. The molecule has 0 saturated carbocycles. The van der Waals surface area contributed by atoms with E-state index in [4.69, 9.17) is 4.74 Å². The number of carbonyl (C=O) groups is 1. The number of rotatable bonds is 7. The van der Waals surface area contributed by atoms with Crippen LogP contribution in [0.15, 0.2) is 59.7 Å². The summed E-state index contributed by atoms with van der Waals surface area (Å²) in [6, 6.07) is 6.78. The maximum Gasteiger partial charge on any atom is 0.446 e. The van der Waals surface area contributed by atoms with E-state index in [0.717, 1.165) is 11.6 Å². The van der Waals surface area contributed by atoms with Gasteiger partial charge >= 0.3 is 11.5 Å². The van der Waals surface area contributed by atoms with Crippen LogP contribution < -0.4 is 10.6 Å². The van der Waals surface area contributed by atoms with Crippen LogP contribution in [-0.4, -0.2) is 25.2 Å². The molecule has 0 aliphatic rings. The number of carbonyl (C=O) groups excluding carboxylic acids is 1. The van der Waals surface area contributed by atoms with E-state index >= 15 is 0 Å². The maximum absolute atomic E-state index is 12.3. The summed E-state index contributed by atoms with van der Waals surface area (Å²) in [4.78, 5) is 11.7. The van der Waals surface area contributed by atoms with Crippen LogP contribution in [0.4, 0.5) is 23.7 Å². The monoisotopic (exact) mass is 372 g/mol. The van der Waals surface area contributed by atoms with Crippen molar-refractivity contribution >= 4 is 23.5 Å². The molecule has 1 rings (SSSR count). The lowest BCUT2D eigenvalue weighted by molar-refractivity contribution is -0.0321. The zero-order valence-electron chi connectivity index (χ0n) is 13.8. The first-order valence-corrected chi connectivity index (χ1v) is 7.99. The second-order valence-electron chi connectivity index (χ2n) is 4.83. The van der Waals surface area contributed by atoms with E-state index in [1.165, 1.54) is 19.3 Å². The second kappa shape index (κ2) is 9.83. The van der Waals surface area contributed by atoms with Crippen LogP contribution in [0.3, 0.4) is 0 Å². The van der Waals surface area contributed by atoms with Gasteiger partial charge in [0, 0.05) is 10.6 Å². The van der Waals surface area contributed by atoms with E-state index in [1.807, 2.05) is 19.1 Å². The van der Waals surface area contributed by atoms with Crippen LogP contribution in [0.5, 0.6) is 0 Å². The summed E-state index contributed by atoms with van der Waals surface area (Å²) in [6.07, 6.45) is 3.67. The molecule has 1 aromatic carbocycles. The molecule has 0 spiro atoms. The molecule has 8 heteroatoms. The predicted molar refractivity (Wildman–Crippen MR) is 95.2 cm³/mol. The maximum atomic E-state index is 12.3. The molecule has 0 aliphatic carbocycles. The summed E-state index contributed by atoms with van der Waals surface area (Å²) in [6.45, 7) is 5.29. The van der Waals surface area contributed by atoms with Gasteiger partial charge in [0.1, 0.15) is 5.76 Å². The lowest BCUT2D eigenvalue weighted by Gasteiger charge is -2.10. The lowest BCUT2D eigenvalue weighted by Crippen LogP contribution is -2.30. The number of alkyl halides is 3. The van der Waals surface area contributed by atoms with Crippen LogP contribution in [0.1, 0.15) is 5.56 Å². The highest BCUT2D eigenvalue weighted by molar-refractivity contribution is 8.04. The first-order valence-electron chi connectivity index (χ1n) is 7.18. The van der Waals surface area contributed by atoms with Crippen molar-refractivity contribution < 1.29 is 22.7 Å². The lowest BCUT2D eigenvalue weighted by atomic mass is 10.2. The molecule has 0 aromatic heterocycles. The molecule has 0 heterocycles. The minimum Gasteiger partial charge on any atom is -0.499 e. The average molecular weight is 372 g/mol. The molecule has 0 bridgehead atoms. The number of methoxy groups -OCH3 is 1. The fourth-order valence-electron chi connectivity index (χ4n) is 1.63. The summed E-state index contributed by atoms with van der Waals surface area (Å²) < 4.78 is 42.1. The molecular weight excluding hydrogens is 353 g/mol. The molecule has 2 N–H and O–H groups in total. The van der Waals surface area contributed by atoms with Gasteiger partial charge in [-0.1, -0.05) is 30.4 Å². The van der Waals surface area contributed by atoms with Crippen molar-refractivity contribution in [3.8, 4) is 0 Å². The number of halogens is 3. The quantitative estimate of drug-likeness (QED) is 0.525. The first kappa shape index (κ1) is 20.7. The van der Waals surface area contributed by atoms with E-state index in [1.54, 1.807) is 12.1 Å². The highest BCUT2D eigenvalue weighted by Crippen LogP contribution is 2.36. The largest absolute Gasteiger partial charge is 0.499 e. The number of hydrogen-bond acceptors (Lipinski definition) is 3. The highest BCUT2D eigenvalue weighted by Gasteiger charge is 2.29. The van der Waals surface area contributed by atoms with E-state index in [0.29, 0.717) is 11.4 Å². The Kier molecular flexibility index (Phi) is 8.13. The van der Waals surface area contributed by atoms with Gasteiger partial charge in [0.05, 0.1) is 13.7 Å². The van der Waals surface area contributed by atoms with Gasteiger partial charge in [-0.05, 0) is 43.0 Å². The first-order chi connectivity index (χ1) is 11.7. The second-order valence-corrected chi connectivity index (χ2v) is 5.97. The Hall–Kier alpha value is -2.35. The molecule has 0 unspecified atom stereocenters. The third-order valence-electron chi connectivity index (χ3n) is 2.86. The zero-order chi connectivity index (χ0) is 18.9. The fraction of sp³-hybridized carbons (Fsp3) is 0.235. The molecule has 0 saturated heterocycles. The molecule has 1 aromatic rings.